The number of hydrogen-bond donors (Lipinski definition) is 0. The van der Waals surface area contributed by atoms with Crippen molar-refractivity contribution in [3.05, 3.63) is 48.4 Å². The van der Waals surface area contributed by atoms with E-state index in [4.69, 9.17) is 9.47 Å². The molecule has 0 radical (unpaired) electrons. The fraction of sp³-hybridized carbons (Fsp3) is 0.316. The zero-order valence-electron chi connectivity index (χ0n) is 13.5. The van der Waals surface area contributed by atoms with E-state index in [-0.39, 0.29) is 12.0 Å². The lowest BCUT2D eigenvalue weighted by atomic mass is 10.0. The lowest BCUT2D eigenvalue weighted by Gasteiger charge is -2.25. The van der Waals surface area contributed by atoms with E-state index in [1.54, 1.807) is 24.1 Å². The van der Waals surface area contributed by atoms with Crippen LogP contribution in [0.25, 0.3) is 22.0 Å². The maximum absolute atomic E-state index is 15.3. The highest BCUT2D eigenvalue weighted by Crippen LogP contribution is 2.39. The number of aromatic nitrogens is 2. The molecule has 1 unspecified atom stereocenters. The Labute approximate surface area is 139 Å². The van der Waals surface area contributed by atoms with Crippen LogP contribution in [0.3, 0.4) is 0 Å². The summed E-state index contributed by atoms with van der Waals surface area (Å²) in [5, 5.41) is 5.77. The molecule has 0 aliphatic carbocycles. The van der Waals surface area contributed by atoms with E-state index in [2.05, 4.69) is 5.10 Å². The third-order valence-corrected chi connectivity index (χ3v) is 4.52. The van der Waals surface area contributed by atoms with Crippen molar-refractivity contribution in [3.63, 3.8) is 0 Å². The number of rotatable bonds is 3. The molecule has 1 aliphatic rings. The molecule has 0 N–H and O–H groups in total. The summed E-state index contributed by atoms with van der Waals surface area (Å²) in [5.74, 6) is 0.214. The minimum atomic E-state index is -0.289. The molecule has 24 heavy (non-hydrogen) atoms. The first-order chi connectivity index (χ1) is 11.8. The molecule has 1 atom stereocenters. The Hall–Kier alpha value is -2.40. The van der Waals surface area contributed by atoms with E-state index >= 15 is 4.39 Å². The Morgan fingerprint density at radius 3 is 2.92 bits per heavy atom. The largest absolute Gasteiger partial charge is 0.496 e. The molecule has 1 saturated heterocycles. The van der Waals surface area contributed by atoms with Crippen LogP contribution in [-0.4, -0.2) is 23.5 Å². The lowest BCUT2D eigenvalue weighted by Crippen LogP contribution is -2.20. The molecule has 1 fully saturated rings. The van der Waals surface area contributed by atoms with Gasteiger partial charge < -0.3 is 9.47 Å². The van der Waals surface area contributed by atoms with Crippen LogP contribution in [0.2, 0.25) is 0 Å². The lowest BCUT2D eigenvalue weighted by molar-refractivity contribution is -0.0384. The first-order valence-electron chi connectivity index (χ1n) is 8.20. The average molecular weight is 326 g/mol. The molecule has 0 saturated carbocycles. The van der Waals surface area contributed by atoms with Gasteiger partial charge in [-0.3, -0.25) is 0 Å². The predicted molar refractivity (Wildman–Crippen MR) is 90.5 cm³/mol. The van der Waals surface area contributed by atoms with Gasteiger partial charge in [0.25, 0.3) is 0 Å². The molecule has 3 aromatic rings. The van der Waals surface area contributed by atoms with E-state index in [0.717, 1.165) is 24.6 Å². The molecule has 2 heterocycles. The maximum atomic E-state index is 15.3. The molecule has 0 spiro atoms. The number of ether oxygens (including phenoxy) is 2. The first kappa shape index (κ1) is 15.1. The van der Waals surface area contributed by atoms with Crippen LogP contribution in [-0.2, 0) is 4.74 Å². The Kier molecular flexibility index (Phi) is 3.94. The van der Waals surface area contributed by atoms with E-state index in [1.165, 1.54) is 0 Å². The molecule has 1 aliphatic heterocycles. The van der Waals surface area contributed by atoms with Gasteiger partial charge in [-0.05, 0) is 36.8 Å². The summed E-state index contributed by atoms with van der Waals surface area (Å²) in [6, 6.07) is 11.1. The molecule has 0 bridgehead atoms. The molecule has 1 aromatic heterocycles. The number of benzene rings is 2. The van der Waals surface area contributed by atoms with Gasteiger partial charge in [0.05, 0.1) is 18.4 Å². The first-order valence-corrected chi connectivity index (χ1v) is 8.20. The van der Waals surface area contributed by atoms with Crippen LogP contribution in [0, 0.1) is 5.82 Å². The van der Waals surface area contributed by atoms with Crippen LogP contribution >= 0.6 is 0 Å². The van der Waals surface area contributed by atoms with Crippen molar-refractivity contribution in [1.82, 2.24) is 9.78 Å². The monoisotopic (exact) mass is 326 g/mol. The molecule has 0 amide bonds. The van der Waals surface area contributed by atoms with Gasteiger partial charge in [0.15, 0.2) is 6.23 Å². The SMILES string of the molecule is COc1cc2ccccc2c(F)c1-c1ccnn1C1CCCCO1. The second-order valence-electron chi connectivity index (χ2n) is 5.97. The zero-order chi connectivity index (χ0) is 16.5. The molecular weight excluding hydrogens is 307 g/mol. The van der Waals surface area contributed by atoms with Crippen LogP contribution in [0.5, 0.6) is 5.75 Å². The number of fused-ring (bicyclic) bond motifs is 1. The summed E-state index contributed by atoms with van der Waals surface area (Å²) in [6.45, 7) is 0.710. The van der Waals surface area contributed by atoms with Gasteiger partial charge in [-0.2, -0.15) is 5.10 Å². The summed E-state index contributed by atoms with van der Waals surface area (Å²) in [4.78, 5) is 0. The molecular formula is C19H19FN2O2. The summed E-state index contributed by atoms with van der Waals surface area (Å²) >= 11 is 0. The standard InChI is InChI=1S/C19H19FN2O2/c1-23-16-12-13-6-2-3-7-14(13)19(20)18(16)15-9-10-21-22(15)17-8-4-5-11-24-17/h2-3,6-7,9-10,12,17H,4-5,8,11H2,1H3. The molecule has 124 valence electrons. The van der Waals surface area contributed by atoms with E-state index in [1.807, 2.05) is 30.3 Å². The van der Waals surface area contributed by atoms with Crippen molar-refractivity contribution >= 4 is 10.8 Å². The second-order valence-corrected chi connectivity index (χ2v) is 5.97. The third-order valence-electron chi connectivity index (χ3n) is 4.52. The van der Waals surface area contributed by atoms with Gasteiger partial charge in [0.2, 0.25) is 0 Å². The highest BCUT2D eigenvalue weighted by molar-refractivity contribution is 5.91. The van der Waals surface area contributed by atoms with Crippen molar-refractivity contribution in [2.75, 3.05) is 13.7 Å². The van der Waals surface area contributed by atoms with E-state index in [0.29, 0.717) is 29.0 Å². The van der Waals surface area contributed by atoms with E-state index < -0.39 is 0 Å². The normalized spacial score (nSPS) is 18.0. The number of methoxy groups -OCH3 is 1. The highest BCUT2D eigenvalue weighted by Gasteiger charge is 2.24. The van der Waals surface area contributed by atoms with Crippen LogP contribution in [0.15, 0.2) is 42.6 Å². The van der Waals surface area contributed by atoms with Gasteiger partial charge in [-0.25, -0.2) is 9.07 Å². The number of halogens is 1. The molecule has 2 aromatic carbocycles. The quantitative estimate of drug-likeness (QED) is 0.708. The van der Waals surface area contributed by atoms with Gasteiger partial charge >= 0.3 is 0 Å². The predicted octanol–water partition coefficient (Wildman–Crippen LogP) is 4.55. The van der Waals surface area contributed by atoms with Crippen molar-refractivity contribution in [2.24, 2.45) is 0 Å². The van der Waals surface area contributed by atoms with Crippen LogP contribution in [0.4, 0.5) is 4.39 Å². The van der Waals surface area contributed by atoms with Crippen LogP contribution in [0.1, 0.15) is 25.5 Å². The molecule has 5 heteroatoms. The van der Waals surface area contributed by atoms with Crippen molar-refractivity contribution in [3.8, 4) is 17.0 Å². The average Bonchev–Trinajstić information content (AvgIpc) is 3.11. The van der Waals surface area contributed by atoms with Crippen molar-refractivity contribution in [2.45, 2.75) is 25.5 Å². The Morgan fingerprint density at radius 1 is 1.25 bits per heavy atom. The molecule has 4 rings (SSSR count). The topological polar surface area (TPSA) is 36.3 Å². The Bertz CT molecular complexity index is 869. The van der Waals surface area contributed by atoms with Gasteiger partial charge in [0, 0.05) is 18.2 Å². The minimum absolute atomic E-state index is 0.153. The highest BCUT2D eigenvalue weighted by atomic mass is 19.1. The summed E-state index contributed by atoms with van der Waals surface area (Å²) in [5.41, 5.74) is 1.12. The van der Waals surface area contributed by atoms with Gasteiger partial charge in [0.1, 0.15) is 11.6 Å². The Morgan fingerprint density at radius 2 is 2.12 bits per heavy atom. The number of hydrogen-bond acceptors (Lipinski definition) is 3. The zero-order valence-corrected chi connectivity index (χ0v) is 13.5. The second kappa shape index (κ2) is 6.24. The summed E-state index contributed by atoms with van der Waals surface area (Å²) < 4.78 is 28.3. The van der Waals surface area contributed by atoms with E-state index in [9.17, 15) is 0 Å². The minimum Gasteiger partial charge on any atom is -0.496 e. The van der Waals surface area contributed by atoms with Crippen LogP contribution < -0.4 is 4.74 Å². The fourth-order valence-corrected chi connectivity index (χ4v) is 3.34. The smallest absolute Gasteiger partial charge is 0.150 e. The maximum Gasteiger partial charge on any atom is 0.150 e. The van der Waals surface area contributed by atoms with Crippen molar-refractivity contribution in [1.29, 1.82) is 0 Å². The summed E-state index contributed by atoms with van der Waals surface area (Å²) in [6.07, 6.45) is 4.55. The van der Waals surface area contributed by atoms with Crippen molar-refractivity contribution < 1.29 is 13.9 Å². The third kappa shape index (κ3) is 2.45. The van der Waals surface area contributed by atoms with Gasteiger partial charge in [-0.1, -0.05) is 24.3 Å². The fourth-order valence-electron chi connectivity index (χ4n) is 3.34. The number of nitrogens with zero attached hydrogens (tertiary/aromatic N) is 2. The molecule has 4 nitrogen and oxygen atoms in total. The van der Waals surface area contributed by atoms with Gasteiger partial charge in [-0.15, -0.1) is 0 Å². The summed E-state index contributed by atoms with van der Waals surface area (Å²) in [7, 11) is 1.56. The Balaban J connectivity index is 1.90.